The summed E-state index contributed by atoms with van der Waals surface area (Å²) >= 11 is 0. The second kappa shape index (κ2) is 15.1. The molecule has 2 aliphatic rings. The predicted octanol–water partition coefficient (Wildman–Crippen LogP) is 16.7. The van der Waals surface area contributed by atoms with Crippen LogP contribution in [0.2, 0.25) is 0 Å². The van der Waals surface area contributed by atoms with Crippen molar-refractivity contribution in [3.8, 4) is 89.5 Å². The summed E-state index contributed by atoms with van der Waals surface area (Å²) in [4.78, 5) is 11.0. The molecule has 68 heavy (non-hydrogen) atoms. The zero-order valence-electron chi connectivity index (χ0n) is 36.9. The van der Waals surface area contributed by atoms with Crippen molar-refractivity contribution < 1.29 is 4.42 Å². The maximum atomic E-state index is 6.31. The van der Waals surface area contributed by atoms with Gasteiger partial charge >= 0.3 is 0 Å². The molecule has 0 radical (unpaired) electrons. The summed E-state index contributed by atoms with van der Waals surface area (Å²) in [5, 5.41) is 2.14. The molecule has 316 valence electrons. The largest absolute Gasteiger partial charge is 0.456 e. The third-order valence-electron chi connectivity index (χ3n) is 14.3. The highest BCUT2D eigenvalue weighted by atomic mass is 16.3. The molecule has 0 fully saturated rings. The lowest BCUT2D eigenvalue weighted by Crippen LogP contribution is -2.29. The molecule has 2 aliphatic carbocycles. The van der Waals surface area contributed by atoms with E-state index in [0.717, 1.165) is 72.3 Å². The fraction of sp³-hybridized carbons (Fsp3) is 0.0154. The van der Waals surface area contributed by atoms with Crippen molar-refractivity contribution in [3.63, 3.8) is 0 Å². The van der Waals surface area contributed by atoms with E-state index in [2.05, 4.69) is 231 Å². The van der Waals surface area contributed by atoms with Gasteiger partial charge in [0, 0.05) is 27.5 Å². The van der Waals surface area contributed by atoms with E-state index >= 15 is 0 Å². The Kier molecular flexibility index (Phi) is 8.50. The number of aromatic nitrogens is 2. The fourth-order valence-electron chi connectivity index (χ4n) is 11.3. The highest BCUT2D eigenvalue weighted by Gasteiger charge is 2.49. The molecule has 10 aromatic carbocycles. The van der Waals surface area contributed by atoms with Crippen LogP contribution in [0.1, 0.15) is 22.3 Å². The molecule has 3 nitrogen and oxygen atoms in total. The maximum absolute atomic E-state index is 6.31. The Labute approximate surface area is 394 Å². The van der Waals surface area contributed by atoms with Gasteiger partial charge < -0.3 is 4.42 Å². The van der Waals surface area contributed by atoms with E-state index in [1.165, 1.54) is 55.6 Å². The Morgan fingerprint density at radius 1 is 0.265 bits per heavy atom. The van der Waals surface area contributed by atoms with Gasteiger partial charge in [-0.15, -0.1) is 0 Å². The number of hydrogen-bond acceptors (Lipinski definition) is 3. The van der Waals surface area contributed by atoms with E-state index in [1.54, 1.807) is 0 Å². The molecular formula is C65H40N2O. The highest BCUT2D eigenvalue weighted by Crippen LogP contribution is 2.61. The molecule has 1 spiro atoms. The summed E-state index contributed by atoms with van der Waals surface area (Å²) in [7, 11) is 0. The number of para-hydroxylation sites is 1. The van der Waals surface area contributed by atoms with Gasteiger partial charge in [0.2, 0.25) is 0 Å². The number of benzene rings is 10. The molecular weight excluding hydrogens is 825 g/mol. The van der Waals surface area contributed by atoms with Gasteiger partial charge in [0.15, 0.2) is 5.82 Å². The van der Waals surface area contributed by atoms with Crippen molar-refractivity contribution in [1.29, 1.82) is 0 Å². The smallest absolute Gasteiger partial charge is 0.160 e. The van der Waals surface area contributed by atoms with Crippen molar-refractivity contribution in [2.24, 2.45) is 0 Å². The van der Waals surface area contributed by atoms with Crippen LogP contribution >= 0.6 is 0 Å². The van der Waals surface area contributed by atoms with Gasteiger partial charge in [0.05, 0.1) is 16.8 Å². The van der Waals surface area contributed by atoms with E-state index in [0.29, 0.717) is 5.82 Å². The minimum absolute atomic E-state index is 0.562. The molecule has 0 unspecified atom stereocenters. The lowest BCUT2D eigenvalue weighted by molar-refractivity contribution is 0.669. The second-order valence-corrected chi connectivity index (χ2v) is 18.0. The molecule has 0 saturated heterocycles. The lowest BCUT2D eigenvalue weighted by Gasteiger charge is -2.35. The van der Waals surface area contributed by atoms with Crippen LogP contribution in [0.15, 0.2) is 247 Å². The number of hydrogen-bond donors (Lipinski definition) is 0. The molecule has 0 saturated carbocycles. The Morgan fingerprint density at radius 2 is 0.706 bits per heavy atom. The SMILES string of the molecule is c1ccc(-c2cc(-c3ccccc3)cc(-c3nc(-c4ccc5c(c4)-c4ccccc4-c4ccccc4C54c5ccccc5-c5ccccc54)cc(-c4ccc5oc6ccccc6c5c4)n3)c2)cc1. The van der Waals surface area contributed by atoms with Crippen LogP contribution in [0, 0.1) is 0 Å². The van der Waals surface area contributed by atoms with Gasteiger partial charge in [-0.3, -0.25) is 0 Å². The summed E-state index contributed by atoms with van der Waals surface area (Å²) in [5.74, 6) is 0.655. The van der Waals surface area contributed by atoms with Gasteiger partial charge in [0.25, 0.3) is 0 Å². The van der Waals surface area contributed by atoms with E-state index in [9.17, 15) is 0 Å². The summed E-state index contributed by atoms with van der Waals surface area (Å²) < 4.78 is 6.31. The Hall–Kier alpha value is -8.92. The van der Waals surface area contributed by atoms with Crippen molar-refractivity contribution in [2.45, 2.75) is 5.41 Å². The third kappa shape index (κ3) is 5.79. The minimum atomic E-state index is -0.562. The van der Waals surface area contributed by atoms with Crippen LogP contribution in [0.3, 0.4) is 0 Å². The predicted molar refractivity (Wildman–Crippen MR) is 278 cm³/mol. The average molecular weight is 865 g/mol. The molecule has 12 aromatic rings. The molecule has 0 bridgehead atoms. The van der Waals surface area contributed by atoms with Gasteiger partial charge in [-0.1, -0.05) is 188 Å². The van der Waals surface area contributed by atoms with Crippen LogP contribution in [0.25, 0.3) is 111 Å². The van der Waals surface area contributed by atoms with Gasteiger partial charge in [-0.25, -0.2) is 9.97 Å². The van der Waals surface area contributed by atoms with Crippen LogP contribution in [0.5, 0.6) is 0 Å². The number of rotatable bonds is 5. The summed E-state index contributed by atoms with van der Waals surface area (Å²) in [5.41, 5.74) is 22.8. The van der Waals surface area contributed by atoms with Crippen LogP contribution < -0.4 is 0 Å². The van der Waals surface area contributed by atoms with Gasteiger partial charge in [-0.2, -0.15) is 0 Å². The average Bonchev–Trinajstić information content (AvgIpc) is 3.91. The van der Waals surface area contributed by atoms with Crippen molar-refractivity contribution >= 4 is 21.9 Å². The fourth-order valence-corrected chi connectivity index (χ4v) is 11.3. The first kappa shape index (κ1) is 38.4. The lowest BCUT2D eigenvalue weighted by atomic mass is 9.66. The van der Waals surface area contributed by atoms with E-state index in [4.69, 9.17) is 14.4 Å². The molecule has 2 aromatic heterocycles. The molecule has 0 atom stereocenters. The molecule has 0 aliphatic heterocycles. The zero-order chi connectivity index (χ0) is 44.8. The van der Waals surface area contributed by atoms with E-state index in [-0.39, 0.29) is 0 Å². The normalized spacial score (nSPS) is 12.8. The van der Waals surface area contributed by atoms with Crippen molar-refractivity contribution in [3.05, 3.63) is 265 Å². The number of nitrogens with zero attached hydrogens (tertiary/aromatic N) is 2. The minimum Gasteiger partial charge on any atom is -0.456 e. The highest BCUT2D eigenvalue weighted by molar-refractivity contribution is 6.06. The van der Waals surface area contributed by atoms with E-state index < -0.39 is 5.41 Å². The Morgan fingerprint density at radius 3 is 1.32 bits per heavy atom. The van der Waals surface area contributed by atoms with Crippen LogP contribution in [0.4, 0.5) is 0 Å². The summed E-state index contributed by atoms with van der Waals surface area (Å²) in [6, 6.07) is 87.8. The number of fused-ring (bicyclic) bond motifs is 15. The molecule has 0 N–H and O–H groups in total. The summed E-state index contributed by atoms with van der Waals surface area (Å²) in [6.07, 6.45) is 0. The molecule has 3 heteroatoms. The quantitative estimate of drug-likeness (QED) is 0.173. The van der Waals surface area contributed by atoms with Gasteiger partial charge in [0.1, 0.15) is 11.2 Å². The van der Waals surface area contributed by atoms with Crippen molar-refractivity contribution in [2.75, 3.05) is 0 Å². The molecule has 14 rings (SSSR count). The Bertz CT molecular complexity index is 3870. The van der Waals surface area contributed by atoms with E-state index in [1.807, 2.05) is 12.1 Å². The third-order valence-corrected chi connectivity index (χ3v) is 14.3. The zero-order valence-corrected chi connectivity index (χ0v) is 36.9. The summed E-state index contributed by atoms with van der Waals surface area (Å²) in [6.45, 7) is 0. The maximum Gasteiger partial charge on any atom is 0.160 e. The van der Waals surface area contributed by atoms with Gasteiger partial charge in [-0.05, 0) is 132 Å². The van der Waals surface area contributed by atoms with Crippen LogP contribution in [-0.2, 0) is 5.41 Å². The van der Waals surface area contributed by atoms with Crippen LogP contribution in [-0.4, -0.2) is 9.97 Å². The number of furan rings is 1. The monoisotopic (exact) mass is 864 g/mol. The first-order valence-electron chi connectivity index (χ1n) is 23.3. The first-order chi connectivity index (χ1) is 33.7. The second-order valence-electron chi connectivity index (χ2n) is 18.0. The first-order valence-corrected chi connectivity index (χ1v) is 23.3. The topological polar surface area (TPSA) is 38.9 Å². The van der Waals surface area contributed by atoms with Crippen molar-refractivity contribution in [1.82, 2.24) is 9.97 Å². The molecule has 2 heterocycles. The standard InChI is InChI=1S/C65H40N2O/c1-3-17-41(18-4-1)45-35-46(42-19-5-2-6-20-42)37-47(36-45)64-66-60(40-61(67-64)44-32-34-63-55(39-44)53-26-12-16-30-62(53)68-63)43-31-33-59-54(38-43)49-22-8-7-21-48(49)50-23-9-13-27-56(50)65(59)57-28-14-10-24-51(57)52-25-11-15-29-58(52)65/h1-40H. The Balaban J connectivity index is 1.04. The molecule has 0 amide bonds.